The summed E-state index contributed by atoms with van der Waals surface area (Å²) in [6.07, 6.45) is 0.469. The van der Waals surface area contributed by atoms with Gasteiger partial charge in [0.25, 0.3) is 0 Å². The quantitative estimate of drug-likeness (QED) is 0.823. The number of carbonyl (C=O) groups excluding carboxylic acids is 1. The van der Waals surface area contributed by atoms with Gasteiger partial charge in [0.2, 0.25) is 0 Å². The van der Waals surface area contributed by atoms with Gasteiger partial charge in [-0.2, -0.15) is 0 Å². The van der Waals surface area contributed by atoms with Crippen LogP contribution < -0.4 is 5.32 Å². The van der Waals surface area contributed by atoms with Crippen LogP contribution in [-0.4, -0.2) is 5.78 Å². The number of fused-ring (bicyclic) bond motifs is 1. The molecule has 1 aliphatic rings. The molecule has 1 atom stereocenters. The predicted molar refractivity (Wildman–Crippen MR) is 82.7 cm³/mol. The number of ketones is 1. The summed E-state index contributed by atoms with van der Waals surface area (Å²) in [6, 6.07) is 11.8. The Morgan fingerprint density at radius 3 is 2.70 bits per heavy atom. The highest BCUT2D eigenvalue weighted by Crippen LogP contribution is 2.35. The fourth-order valence-electron chi connectivity index (χ4n) is 2.81. The van der Waals surface area contributed by atoms with Crippen molar-refractivity contribution in [1.82, 2.24) is 0 Å². The standard InChI is InChI=1S/C17H16ClNO/c1-10-3-5-13(11(2)7-10)16-9-17(20)14-8-12(18)4-6-15(14)19-16/h3-8,16,19H,9H2,1-2H3. The van der Waals surface area contributed by atoms with Crippen molar-refractivity contribution in [2.45, 2.75) is 26.3 Å². The zero-order valence-corrected chi connectivity index (χ0v) is 12.3. The van der Waals surface area contributed by atoms with E-state index in [1.165, 1.54) is 16.7 Å². The van der Waals surface area contributed by atoms with Crippen LogP contribution in [0.2, 0.25) is 5.02 Å². The summed E-state index contributed by atoms with van der Waals surface area (Å²) < 4.78 is 0. The minimum Gasteiger partial charge on any atom is -0.377 e. The Morgan fingerprint density at radius 1 is 1.15 bits per heavy atom. The van der Waals surface area contributed by atoms with Gasteiger partial charge >= 0.3 is 0 Å². The molecule has 0 aromatic heterocycles. The van der Waals surface area contributed by atoms with Gasteiger partial charge in [0.1, 0.15) is 0 Å². The second-order valence-electron chi connectivity index (χ2n) is 5.37. The van der Waals surface area contributed by atoms with Crippen molar-refractivity contribution in [3.63, 3.8) is 0 Å². The third-order valence-corrected chi connectivity index (χ3v) is 4.04. The second-order valence-corrected chi connectivity index (χ2v) is 5.81. The SMILES string of the molecule is Cc1ccc(C2CC(=O)c3cc(Cl)ccc3N2)c(C)c1. The summed E-state index contributed by atoms with van der Waals surface area (Å²) in [7, 11) is 0. The molecule has 3 heteroatoms. The molecule has 0 spiro atoms. The fraction of sp³-hybridized carbons (Fsp3) is 0.235. The number of halogens is 1. The van der Waals surface area contributed by atoms with Crippen LogP contribution in [0.25, 0.3) is 0 Å². The van der Waals surface area contributed by atoms with Gasteiger partial charge in [-0.1, -0.05) is 35.4 Å². The monoisotopic (exact) mass is 285 g/mol. The Labute approximate surface area is 123 Å². The summed E-state index contributed by atoms with van der Waals surface area (Å²) in [5, 5.41) is 4.05. The molecule has 0 bridgehead atoms. The largest absolute Gasteiger partial charge is 0.377 e. The maximum Gasteiger partial charge on any atom is 0.167 e. The highest BCUT2D eigenvalue weighted by atomic mass is 35.5. The molecule has 102 valence electrons. The molecule has 1 N–H and O–H groups in total. The highest BCUT2D eigenvalue weighted by molar-refractivity contribution is 6.31. The molecule has 0 radical (unpaired) electrons. The van der Waals surface area contributed by atoms with E-state index in [1.54, 1.807) is 6.07 Å². The molecule has 0 fully saturated rings. The maximum atomic E-state index is 12.3. The molecular formula is C17H16ClNO. The van der Waals surface area contributed by atoms with E-state index in [4.69, 9.17) is 11.6 Å². The molecule has 1 aliphatic heterocycles. The first-order chi connectivity index (χ1) is 9.54. The topological polar surface area (TPSA) is 29.1 Å². The number of anilines is 1. The third kappa shape index (κ3) is 2.32. The first-order valence-corrected chi connectivity index (χ1v) is 7.09. The summed E-state index contributed by atoms with van der Waals surface area (Å²) in [5.41, 5.74) is 5.20. The lowest BCUT2D eigenvalue weighted by Crippen LogP contribution is -2.23. The first kappa shape index (κ1) is 13.2. The van der Waals surface area contributed by atoms with Crippen molar-refractivity contribution >= 4 is 23.1 Å². The number of rotatable bonds is 1. The zero-order valence-electron chi connectivity index (χ0n) is 11.5. The summed E-state index contributed by atoms with van der Waals surface area (Å²) in [5.74, 6) is 0.145. The van der Waals surface area contributed by atoms with E-state index in [1.807, 2.05) is 12.1 Å². The smallest absolute Gasteiger partial charge is 0.167 e. The number of hydrogen-bond acceptors (Lipinski definition) is 2. The van der Waals surface area contributed by atoms with Gasteiger partial charge in [-0.3, -0.25) is 4.79 Å². The Bertz CT molecular complexity index is 693. The first-order valence-electron chi connectivity index (χ1n) is 6.71. The van der Waals surface area contributed by atoms with E-state index in [0.29, 0.717) is 17.0 Å². The second kappa shape index (κ2) is 4.95. The average Bonchev–Trinajstić information content (AvgIpc) is 2.39. The van der Waals surface area contributed by atoms with Crippen molar-refractivity contribution in [3.8, 4) is 0 Å². The molecule has 3 rings (SSSR count). The maximum absolute atomic E-state index is 12.3. The summed E-state index contributed by atoms with van der Waals surface area (Å²) in [4.78, 5) is 12.3. The van der Waals surface area contributed by atoms with E-state index in [9.17, 15) is 4.79 Å². The van der Waals surface area contributed by atoms with E-state index >= 15 is 0 Å². The van der Waals surface area contributed by atoms with E-state index in [-0.39, 0.29) is 11.8 Å². The Balaban J connectivity index is 1.99. The van der Waals surface area contributed by atoms with Crippen molar-refractivity contribution in [3.05, 3.63) is 63.7 Å². The number of Topliss-reactive ketones (excluding diaryl/α,β-unsaturated/α-hetero) is 1. The third-order valence-electron chi connectivity index (χ3n) is 3.80. The van der Waals surface area contributed by atoms with Crippen molar-refractivity contribution in [2.75, 3.05) is 5.32 Å². The van der Waals surface area contributed by atoms with Crippen LogP contribution in [0.4, 0.5) is 5.69 Å². The molecule has 2 aromatic carbocycles. The molecule has 1 heterocycles. The number of aryl methyl sites for hydroxylation is 2. The molecule has 1 unspecified atom stereocenters. The lowest BCUT2D eigenvalue weighted by Gasteiger charge is -2.27. The molecule has 0 saturated heterocycles. The van der Waals surface area contributed by atoms with Crippen LogP contribution in [0, 0.1) is 13.8 Å². The lowest BCUT2D eigenvalue weighted by molar-refractivity contribution is 0.0972. The molecule has 20 heavy (non-hydrogen) atoms. The molecule has 0 saturated carbocycles. The van der Waals surface area contributed by atoms with Crippen LogP contribution in [0.15, 0.2) is 36.4 Å². The predicted octanol–water partition coefficient (Wildman–Crippen LogP) is 4.70. The minimum absolute atomic E-state index is 0.0387. The number of hydrogen-bond donors (Lipinski definition) is 1. The van der Waals surface area contributed by atoms with Gasteiger partial charge in [0, 0.05) is 22.7 Å². The van der Waals surface area contributed by atoms with Crippen molar-refractivity contribution in [2.24, 2.45) is 0 Å². The molecule has 0 aliphatic carbocycles. The van der Waals surface area contributed by atoms with Gasteiger partial charge in [0.05, 0.1) is 6.04 Å². The van der Waals surface area contributed by atoms with E-state index < -0.39 is 0 Å². The molecular weight excluding hydrogens is 270 g/mol. The van der Waals surface area contributed by atoms with Crippen LogP contribution >= 0.6 is 11.6 Å². The van der Waals surface area contributed by atoms with Gasteiger partial charge in [-0.15, -0.1) is 0 Å². The molecule has 0 amide bonds. The Kier molecular flexibility index (Phi) is 3.27. The van der Waals surface area contributed by atoms with Crippen LogP contribution in [0.1, 0.15) is 39.5 Å². The average molecular weight is 286 g/mol. The van der Waals surface area contributed by atoms with Crippen LogP contribution in [-0.2, 0) is 0 Å². The number of carbonyl (C=O) groups is 1. The number of nitrogens with one attached hydrogen (secondary N) is 1. The fourth-order valence-corrected chi connectivity index (χ4v) is 2.98. The van der Waals surface area contributed by atoms with Crippen molar-refractivity contribution in [1.29, 1.82) is 0 Å². The van der Waals surface area contributed by atoms with Gasteiger partial charge < -0.3 is 5.32 Å². The van der Waals surface area contributed by atoms with Crippen LogP contribution in [0.3, 0.4) is 0 Å². The zero-order chi connectivity index (χ0) is 14.3. The summed E-state index contributed by atoms with van der Waals surface area (Å²) >= 11 is 5.96. The number of benzene rings is 2. The normalized spacial score (nSPS) is 17.6. The molecule has 2 aromatic rings. The van der Waals surface area contributed by atoms with Gasteiger partial charge in [-0.25, -0.2) is 0 Å². The van der Waals surface area contributed by atoms with Crippen molar-refractivity contribution < 1.29 is 4.79 Å². The Morgan fingerprint density at radius 2 is 1.95 bits per heavy atom. The Hall–Kier alpha value is -1.80. The van der Waals surface area contributed by atoms with E-state index in [0.717, 1.165) is 5.69 Å². The van der Waals surface area contributed by atoms with Gasteiger partial charge in [0.15, 0.2) is 5.78 Å². The van der Waals surface area contributed by atoms with Gasteiger partial charge in [-0.05, 0) is 43.2 Å². The summed E-state index contributed by atoms with van der Waals surface area (Å²) in [6.45, 7) is 4.17. The lowest BCUT2D eigenvalue weighted by atomic mass is 9.90. The minimum atomic E-state index is 0.0387. The highest BCUT2D eigenvalue weighted by Gasteiger charge is 2.26. The molecule has 2 nitrogen and oxygen atoms in total. The van der Waals surface area contributed by atoms with E-state index in [2.05, 4.69) is 37.4 Å². The van der Waals surface area contributed by atoms with Crippen LogP contribution in [0.5, 0.6) is 0 Å².